The van der Waals surface area contributed by atoms with E-state index in [1.165, 1.54) is 17.0 Å². The second-order valence-corrected chi connectivity index (χ2v) is 14.5. The second kappa shape index (κ2) is 22.4. The highest BCUT2D eigenvalue weighted by Gasteiger charge is 2.39. The van der Waals surface area contributed by atoms with E-state index in [9.17, 15) is 43.8 Å². The average molecular weight is 761 g/mol. The molecule has 0 radical (unpaired) electrons. The first-order valence-electron chi connectivity index (χ1n) is 18.7. The van der Waals surface area contributed by atoms with Gasteiger partial charge in [0.25, 0.3) is 0 Å². The Hall–Kier alpha value is -4.77. The standard InChI is InChI=1S/C37H60N8O9/c1-5-22(4)31(44-34(50)29-10-8-18-45(29)36(52)25(39)19-21(2)3)35(51)43-28(20-23-11-13-24(46)14-12-23)33(49)41-26(15-16-30(40)47)32(48)42-27(37(53)54)9-6-7-17-38/h11-14,21-22,25-29,31,46H,5-10,15-20,38-39H2,1-4H3,(H2,40,47)(H,41,49)(H,42,48)(H,43,51)(H,44,50)(H,53,54)/t22-,25-,26-,27-,28-,29-,31-/m0/s1. The van der Waals surface area contributed by atoms with E-state index in [1.807, 2.05) is 20.8 Å². The Labute approximate surface area is 316 Å². The first kappa shape index (κ1) is 45.4. The number of phenols is 1. The summed E-state index contributed by atoms with van der Waals surface area (Å²) < 4.78 is 0. The molecular formula is C37H60N8O9. The summed E-state index contributed by atoms with van der Waals surface area (Å²) in [4.78, 5) is 93.2. The lowest BCUT2D eigenvalue weighted by molar-refractivity contribution is -0.142. The number of carboxylic acids is 1. The van der Waals surface area contributed by atoms with Crippen LogP contribution >= 0.6 is 0 Å². The predicted octanol–water partition coefficient (Wildman–Crippen LogP) is -0.236. The number of benzene rings is 1. The van der Waals surface area contributed by atoms with E-state index in [-0.39, 0.29) is 43.3 Å². The molecule has 0 aliphatic carbocycles. The normalized spacial score (nSPS) is 17.4. The van der Waals surface area contributed by atoms with Crippen molar-refractivity contribution in [2.45, 2.75) is 128 Å². The van der Waals surface area contributed by atoms with E-state index in [2.05, 4.69) is 21.3 Å². The van der Waals surface area contributed by atoms with Gasteiger partial charge in [0.15, 0.2) is 0 Å². The van der Waals surface area contributed by atoms with Gasteiger partial charge >= 0.3 is 5.97 Å². The fraction of sp³-hybridized carbons (Fsp3) is 0.649. The lowest BCUT2D eigenvalue weighted by Gasteiger charge is -2.31. The minimum Gasteiger partial charge on any atom is -0.508 e. The van der Waals surface area contributed by atoms with Gasteiger partial charge in [-0.2, -0.15) is 0 Å². The number of phenolic OH excluding ortho intramolecular Hbond substituents is 1. The van der Waals surface area contributed by atoms with Gasteiger partial charge in [-0.25, -0.2) is 4.79 Å². The third-order valence-corrected chi connectivity index (χ3v) is 9.56. The molecular weight excluding hydrogens is 700 g/mol. The number of carbonyl (C=O) groups excluding carboxylic acids is 6. The van der Waals surface area contributed by atoms with Crippen molar-refractivity contribution in [2.24, 2.45) is 29.0 Å². The molecule has 17 nitrogen and oxygen atoms in total. The number of unbranched alkanes of at least 4 members (excludes halogenated alkanes) is 1. The van der Waals surface area contributed by atoms with E-state index in [4.69, 9.17) is 17.2 Å². The van der Waals surface area contributed by atoms with Crippen molar-refractivity contribution in [1.82, 2.24) is 26.2 Å². The van der Waals surface area contributed by atoms with Crippen molar-refractivity contribution < 1.29 is 43.8 Å². The van der Waals surface area contributed by atoms with Crippen molar-refractivity contribution in [3.8, 4) is 5.75 Å². The van der Waals surface area contributed by atoms with E-state index in [1.54, 1.807) is 19.1 Å². The van der Waals surface area contributed by atoms with Crippen LogP contribution in [0.15, 0.2) is 24.3 Å². The first-order chi connectivity index (χ1) is 25.5. The summed E-state index contributed by atoms with van der Waals surface area (Å²) in [6.45, 7) is 8.16. The zero-order chi connectivity index (χ0) is 40.5. The molecule has 0 aromatic heterocycles. The molecule has 1 aliphatic heterocycles. The molecule has 2 rings (SSSR count). The van der Waals surface area contributed by atoms with Gasteiger partial charge in [0.2, 0.25) is 35.4 Å². The monoisotopic (exact) mass is 760 g/mol. The number of carboxylic acid groups (broad SMARTS) is 1. The molecule has 0 unspecified atom stereocenters. The van der Waals surface area contributed by atoms with Crippen LogP contribution in [0.3, 0.4) is 0 Å². The lowest BCUT2D eigenvalue weighted by Crippen LogP contribution is -2.60. The van der Waals surface area contributed by atoms with Crippen LogP contribution in [0.2, 0.25) is 0 Å². The van der Waals surface area contributed by atoms with Crippen molar-refractivity contribution in [2.75, 3.05) is 13.1 Å². The SMILES string of the molecule is CC[C@H](C)[C@H](NC(=O)[C@@H]1CCCN1C(=O)[C@@H](N)CC(C)C)C(=O)N[C@@H](Cc1ccc(O)cc1)C(=O)N[C@@H](CCC(N)=O)C(=O)N[C@@H](CCCCN)C(=O)O. The fourth-order valence-electron chi connectivity index (χ4n) is 6.26. The number of likely N-dealkylation sites (tertiary alicyclic amines) is 1. The summed E-state index contributed by atoms with van der Waals surface area (Å²) in [6, 6.07) is -0.882. The van der Waals surface area contributed by atoms with Crippen molar-refractivity contribution in [3.63, 3.8) is 0 Å². The van der Waals surface area contributed by atoms with Crippen molar-refractivity contribution >= 4 is 41.4 Å². The molecule has 1 fully saturated rings. The van der Waals surface area contributed by atoms with E-state index in [0.717, 1.165) is 0 Å². The minimum absolute atomic E-state index is 0.0319. The summed E-state index contributed by atoms with van der Waals surface area (Å²) >= 11 is 0. The fourth-order valence-corrected chi connectivity index (χ4v) is 6.26. The summed E-state index contributed by atoms with van der Waals surface area (Å²) in [5.74, 6) is -5.60. The Balaban J connectivity index is 2.36. The molecule has 6 amide bonds. The maximum Gasteiger partial charge on any atom is 0.326 e. The molecule has 0 bridgehead atoms. The molecule has 0 saturated carbocycles. The smallest absolute Gasteiger partial charge is 0.326 e. The Bertz CT molecular complexity index is 1440. The number of rotatable bonds is 23. The topological polar surface area (TPSA) is 289 Å². The highest BCUT2D eigenvalue weighted by molar-refractivity contribution is 5.97. The number of nitrogens with one attached hydrogen (secondary N) is 4. The molecule has 1 heterocycles. The van der Waals surface area contributed by atoms with E-state index < -0.39 is 77.7 Å². The molecule has 17 heteroatoms. The minimum atomic E-state index is -1.40. The number of nitrogens with zero attached hydrogens (tertiary/aromatic N) is 1. The van der Waals surface area contributed by atoms with Gasteiger partial charge in [-0.15, -0.1) is 0 Å². The number of hydrogen-bond donors (Lipinski definition) is 9. The number of amides is 6. The Morgan fingerprint density at radius 2 is 1.48 bits per heavy atom. The third kappa shape index (κ3) is 14.6. The molecule has 1 saturated heterocycles. The van der Waals surface area contributed by atoms with Crippen LogP contribution in [0, 0.1) is 11.8 Å². The number of primary amides is 1. The van der Waals surface area contributed by atoms with Crippen LogP contribution in [0.5, 0.6) is 5.75 Å². The van der Waals surface area contributed by atoms with E-state index >= 15 is 0 Å². The Kier molecular flexibility index (Phi) is 18.9. The van der Waals surface area contributed by atoms with Gasteiger partial charge in [0.1, 0.15) is 36.0 Å². The number of aliphatic carboxylic acids is 1. The number of carbonyl (C=O) groups is 7. The first-order valence-corrected chi connectivity index (χ1v) is 18.7. The molecule has 7 atom stereocenters. The van der Waals surface area contributed by atoms with Gasteiger partial charge in [0.05, 0.1) is 6.04 Å². The van der Waals surface area contributed by atoms with Gasteiger partial charge < -0.3 is 53.6 Å². The molecule has 1 aromatic rings. The van der Waals surface area contributed by atoms with Crippen LogP contribution in [-0.4, -0.2) is 106 Å². The molecule has 1 aromatic carbocycles. The molecule has 1 aliphatic rings. The highest BCUT2D eigenvalue weighted by Crippen LogP contribution is 2.21. The lowest BCUT2D eigenvalue weighted by atomic mass is 9.96. The Morgan fingerprint density at radius 3 is 2.06 bits per heavy atom. The summed E-state index contributed by atoms with van der Waals surface area (Å²) in [7, 11) is 0. The largest absolute Gasteiger partial charge is 0.508 e. The summed E-state index contributed by atoms with van der Waals surface area (Å²) in [5, 5.41) is 30.0. The van der Waals surface area contributed by atoms with Crippen LogP contribution < -0.4 is 38.5 Å². The van der Waals surface area contributed by atoms with Gasteiger partial charge in [-0.3, -0.25) is 28.8 Å². The van der Waals surface area contributed by atoms with Gasteiger partial charge in [-0.1, -0.05) is 46.2 Å². The zero-order valence-corrected chi connectivity index (χ0v) is 31.8. The van der Waals surface area contributed by atoms with Crippen molar-refractivity contribution in [1.29, 1.82) is 0 Å². The van der Waals surface area contributed by atoms with Gasteiger partial charge in [-0.05, 0) is 81.0 Å². The molecule has 12 N–H and O–H groups in total. The van der Waals surface area contributed by atoms with Crippen LogP contribution in [0.25, 0.3) is 0 Å². The zero-order valence-electron chi connectivity index (χ0n) is 31.8. The molecule has 54 heavy (non-hydrogen) atoms. The summed E-state index contributed by atoms with van der Waals surface area (Å²) in [5.41, 5.74) is 17.5. The number of aromatic hydroxyl groups is 1. The second-order valence-electron chi connectivity index (χ2n) is 14.5. The maximum absolute atomic E-state index is 14.0. The van der Waals surface area contributed by atoms with Crippen LogP contribution in [0.1, 0.15) is 91.0 Å². The quantitative estimate of drug-likeness (QED) is 0.0657. The third-order valence-electron chi connectivity index (χ3n) is 9.56. The number of hydrogen-bond acceptors (Lipinski definition) is 10. The molecule has 0 spiro atoms. The summed E-state index contributed by atoms with van der Waals surface area (Å²) in [6.07, 6.45) is 2.22. The average Bonchev–Trinajstić information content (AvgIpc) is 3.61. The Morgan fingerprint density at radius 1 is 0.870 bits per heavy atom. The van der Waals surface area contributed by atoms with Crippen molar-refractivity contribution in [3.05, 3.63) is 29.8 Å². The molecule has 302 valence electrons. The van der Waals surface area contributed by atoms with Crippen LogP contribution in [0.4, 0.5) is 0 Å². The maximum atomic E-state index is 14.0. The number of nitrogens with two attached hydrogens (primary N) is 3. The highest BCUT2D eigenvalue weighted by atomic mass is 16.4. The predicted molar refractivity (Wildman–Crippen MR) is 200 cm³/mol. The van der Waals surface area contributed by atoms with Gasteiger partial charge in [0, 0.05) is 19.4 Å². The van der Waals surface area contributed by atoms with E-state index in [0.29, 0.717) is 57.2 Å². The van der Waals surface area contributed by atoms with Crippen LogP contribution in [-0.2, 0) is 40.0 Å².